The van der Waals surface area contributed by atoms with Crippen LogP contribution in [0.1, 0.15) is 24.5 Å². The highest BCUT2D eigenvalue weighted by atomic mass is 16.5. The van der Waals surface area contributed by atoms with E-state index >= 15 is 0 Å². The number of rotatable bonds is 4. The van der Waals surface area contributed by atoms with Gasteiger partial charge in [0.25, 0.3) is 0 Å². The van der Waals surface area contributed by atoms with Crippen molar-refractivity contribution in [2.75, 3.05) is 26.7 Å². The van der Waals surface area contributed by atoms with E-state index in [4.69, 9.17) is 4.74 Å². The standard InChI is InChI=1S/C15H24N2O/c1-4-14-11-17(8-7-16-14)10-13-9-12(2)5-6-15(13)18-3/h5-6,9,14,16H,4,7-8,10-11H2,1-3H3. The number of nitrogens with zero attached hydrogens (tertiary/aromatic N) is 1. The van der Waals surface area contributed by atoms with Crippen molar-refractivity contribution in [2.45, 2.75) is 32.9 Å². The third-order valence-corrected chi connectivity index (χ3v) is 3.66. The van der Waals surface area contributed by atoms with Crippen molar-refractivity contribution in [3.05, 3.63) is 29.3 Å². The van der Waals surface area contributed by atoms with Crippen LogP contribution < -0.4 is 10.1 Å². The van der Waals surface area contributed by atoms with E-state index < -0.39 is 0 Å². The summed E-state index contributed by atoms with van der Waals surface area (Å²) in [7, 11) is 1.75. The fourth-order valence-electron chi connectivity index (χ4n) is 2.58. The van der Waals surface area contributed by atoms with E-state index in [1.54, 1.807) is 7.11 Å². The maximum absolute atomic E-state index is 5.45. The van der Waals surface area contributed by atoms with E-state index in [1.165, 1.54) is 17.5 Å². The van der Waals surface area contributed by atoms with Crippen LogP contribution in [0.15, 0.2) is 18.2 Å². The normalized spacial score (nSPS) is 20.9. The molecule has 0 spiro atoms. The molecule has 1 aromatic rings. The van der Waals surface area contributed by atoms with Crippen LogP contribution in [0.4, 0.5) is 0 Å². The van der Waals surface area contributed by atoms with E-state index in [1.807, 2.05) is 0 Å². The zero-order valence-corrected chi connectivity index (χ0v) is 11.7. The molecule has 1 atom stereocenters. The molecule has 0 saturated carbocycles. The molecule has 1 aromatic carbocycles. The van der Waals surface area contributed by atoms with E-state index in [9.17, 15) is 0 Å². The molecule has 0 aromatic heterocycles. The molecule has 1 N–H and O–H groups in total. The van der Waals surface area contributed by atoms with Crippen LogP contribution in [0.5, 0.6) is 5.75 Å². The molecule has 1 saturated heterocycles. The lowest BCUT2D eigenvalue weighted by Gasteiger charge is -2.33. The van der Waals surface area contributed by atoms with Gasteiger partial charge in [0.1, 0.15) is 5.75 Å². The molecule has 0 amide bonds. The quantitative estimate of drug-likeness (QED) is 0.884. The third kappa shape index (κ3) is 3.24. The molecule has 18 heavy (non-hydrogen) atoms. The summed E-state index contributed by atoms with van der Waals surface area (Å²) in [6.07, 6.45) is 1.20. The first kappa shape index (κ1) is 13.4. The van der Waals surface area contributed by atoms with Crippen LogP contribution in [-0.2, 0) is 6.54 Å². The smallest absolute Gasteiger partial charge is 0.123 e. The molecule has 0 radical (unpaired) electrons. The topological polar surface area (TPSA) is 24.5 Å². The molecule has 3 heteroatoms. The van der Waals surface area contributed by atoms with Crippen LogP contribution in [0, 0.1) is 6.92 Å². The number of ether oxygens (including phenoxy) is 1. The molecule has 100 valence electrons. The van der Waals surface area contributed by atoms with Gasteiger partial charge in [-0.2, -0.15) is 0 Å². The Bertz CT molecular complexity index is 392. The van der Waals surface area contributed by atoms with Crippen molar-refractivity contribution < 1.29 is 4.74 Å². The van der Waals surface area contributed by atoms with Crippen molar-refractivity contribution in [1.82, 2.24) is 10.2 Å². The first-order chi connectivity index (χ1) is 8.72. The number of hydrogen-bond acceptors (Lipinski definition) is 3. The van der Waals surface area contributed by atoms with Crippen molar-refractivity contribution in [3.8, 4) is 5.75 Å². The Hall–Kier alpha value is -1.06. The Labute approximate surface area is 110 Å². The highest BCUT2D eigenvalue weighted by Crippen LogP contribution is 2.22. The predicted octanol–water partition coefficient (Wildman–Crippen LogP) is 2.19. The first-order valence-electron chi connectivity index (χ1n) is 6.82. The molecular weight excluding hydrogens is 224 g/mol. The summed E-state index contributed by atoms with van der Waals surface area (Å²) in [6, 6.07) is 7.05. The maximum Gasteiger partial charge on any atom is 0.123 e. The summed E-state index contributed by atoms with van der Waals surface area (Å²) in [5.74, 6) is 1.01. The van der Waals surface area contributed by atoms with Gasteiger partial charge >= 0.3 is 0 Å². The van der Waals surface area contributed by atoms with E-state index in [-0.39, 0.29) is 0 Å². The van der Waals surface area contributed by atoms with Gasteiger partial charge in [-0.3, -0.25) is 4.90 Å². The zero-order valence-electron chi connectivity index (χ0n) is 11.7. The minimum Gasteiger partial charge on any atom is -0.496 e. The third-order valence-electron chi connectivity index (χ3n) is 3.66. The first-order valence-corrected chi connectivity index (χ1v) is 6.82. The van der Waals surface area contributed by atoms with E-state index in [0.717, 1.165) is 31.9 Å². The molecule has 0 aliphatic carbocycles. The molecule has 0 bridgehead atoms. The van der Waals surface area contributed by atoms with Gasteiger partial charge in [-0.25, -0.2) is 0 Å². The summed E-state index contributed by atoms with van der Waals surface area (Å²) in [5.41, 5.74) is 2.60. The lowest BCUT2D eigenvalue weighted by atomic mass is 10.1. The Balaban J connectivity index is 2.06. The molecule has 3 nitrogen and oxygen atoms in total. The number of hydrogen-bond donors (Lipinski definition) is 1. The Kier molecular flexibility index (Phi) is 4.61. The summed E-state index contributed by atoms with van der Waals surface area (Å²) in [4.78, 5) is 2.52. The highest BCUT2D eigenvalue weighted by molar-refractivity contribution is 5.36. The summed E-state index contributed by atoms with van der Waals surface area (Å²) in [5, 5.41) is 3.55. The summed E-state index contributed by atoms with van der Waals surface area (Å²) >= 11 is 0. The molecule has 1 aliphatic rings. The fourth-order valence-corrected chi connectivity index (χ4v) is 2.58. The lowest BCUT2D eigenvalue weighted by Crippen LogP contribution is -2.49. The van der Waals surface area contributed by atoms with Crippen LogP contribution in [0.2, 0.25) is 0 Å². The van der Waals surface area contributed by atoms with Gasteiger partial charge in [0.2, 0.25) is 0 Å². The van der Waals surface area contributed by atoms with E-state index in [2.05, 4.69) is 42.3 Å². The highest BCUT2D eigenvalue weighted by Gasteiger charge is 2.18. The number of piperazine rings is 1. The second kappa shape index (κ2) is 6.21. The second-order valence-electron chi connectivity index (χ2n) is 5.11. The average Bonchev–Trinajstić information content (AvgIpc) is 2.39. The minimum absolute atomic E-state index is 0.634. The van der Waals surface area contributed by atoms with Crippen LogP contribution >= 0.6 is 0 Å². The molecule has 1 aliphatic heterocycles. The number of aryl methyl sites for hydroxylation is 1. The number of benzene rings is 1. The van der Waals surface area contributed by atoms with Crippen molar-refractivity contribution in [3.63, 3.8) is 0 Å². The Morgan fingerprint density at radius 1 is 1.44 bits per heavy atom. The predicted molar refractivity (Wildman–Crippen MR) is 75.1 cm³/mol. The number of methoxy groups -OCH3 is 1. The monoisotopic (exact) mass is 248 g/mol. The molecule has 2 rings (SSSR count). The largest absolute Gasteiger partial charge is 0.496 e. The fraction of sp³-hybridized carbons (Fsp3) is 0.600. The minimum atomic E-state index is 0.634. The van der Waals surface area contributed by atoms with Gasteiger partial charge in [-0.1, -0.05) is 24.6 Å². The lowest BCUT2D eigenvalue weighted by molar-refractivity contribution is 0.188. The van der Waals surface area contributed by atoms with Crippen LogP contribution in [0.3, 0.4) is 0 Å². The van der Waals surface area contributed by atoms with E-state index in [0.29, 0.717) is 6.04 Å². The number of nitrogens with one attached hydrogen (secondary N) is 1. The zero-order chi connectivity index (χ0) is 13.0. The molecular formula is C15H24N2O. The summed E-state index contributed by atoms with van der Waals surface area (Å²) in [6.45, 7) is 8.71. The van der Waals surface area contributed by atoms with Crippen molar-refractivity contribution >= 4 is 0 Å². The van der Waals surface area contributed by atoms with Crippen LogP contribution in [-0.4, -0.2) is 37.7 Å². The average molecular weight is 248 g/mol. The molecule has 1 heterocycles. The van der Waals surface area contributed by atoms with Gasteiger partial charge in [0.05, 0.1) is 7.11 Å². The molecule has 1 unspecified atom stereocenters. The van der Waals surface area contributed by atoms with Gasteiger partial charge in [-0.15, -0.1) is 0 Å². The summed E-state index contributed by atoms with van der Waals surface area (Å²) < 4.78 is 5.45. The molecule has 1 fully saturated rings. The second-order valence-corrected chi connectivity index (χ2v) is 5.11. The van der Waals surface area contributed by atoms with Gasteiger partial charge < -0.3 is 10.1 Å². The van der Waals surface area contributed by atoms with Crippen LogP contribution in [0.25, 0.3) is 0 Å². The van der Waals surface area contributed by atoms with Crippen molar-refractivity contribution in [1.29, 1.82) is 0 Å². The van der Waals surface area contributed by atoms with Gasteiger partial charge in [0, 0.05) is 37.8 Å². The van der Waals surface area contributed by atoms with Gasteiger partial charge in [-0.05, 0) is 19.4 Å². The Morgan fingerprint density at radius 3 is 3.00 bits per heavy atom. The van der Waals surface area contributed by atoms with Crippen molar-refractivity contribution in [2.24, 2.45) is 0 Å². The Morgan fingerprint density at radius 2 is 2.28 bits per heavy atom. The SMILES string of the molecule is CCC1CN(Cc2cc(C)ccc2OC)CCN1. The van der Waals surface area contributed by atoms with Gasteiger partial charge in [0.15, 0.2) is 0 Å². The maximum atomic E-state index is 5.45.